The van der Waals surface area contributed by atoms with Crippen LogP contribution < -0.4 is 20.7 Å². The van der Waals surface area contributed by atoms with Crippen molar-refractivity contribution in [1.82, 2.24) is 15.2 Å². The fourth-order valence-electron chi connectivity index (χ4n) is 5.41. The molecular formula is C27H32F3N5O4. The lowest BCUT2D eigenvalue weighted by molar-refractivity contribution is -0.170. The highest BCUT2D eigenvalue weighted by Gasteiger charge is 2.57. The van der Waals surface area contributed by atoms with E-state index in [1.807, 2.05) is 0 Å². The van der Waals surface area contributed by atoms with E-state index in [1.54, 1.807) is 36.4 Å². The standard InChI is InChI=1S/C27H32F3N5O4/c1-34(18-9-6-10-19(15-18)39-2)25(37)22-20(13-16-11-12-32-21(31)14-16)24(36)35(22)26(38)33-23(27(28,29)30)17-7-4-3-5-8-17/h6,9-12,14-15,17,20,22-23H,3-5,7-8,13H2,1-2H3,(H2,31,32)(H,33,38)/t20-,22+,23+/m1/s1. The van der Waals surface area contributed by atoms with Crippen LogP contribution in [0.25, 0.3) is 0 Å². The van der Waals surface area contributed by atoms with Crippen LogP contribution in [0.15, 0.2) is 42.6 Å². The maximum atomic E-state index is 14.0. The second-order valence-electron chi connectivity index (χ2n) is 10.0. The number of likely N-dealkylation sites (N-methyl/N-ethyl adjacent to an activating group) is 1. The molecular weight excluding hydrogens is 515 g/mol. The molecule has 1 aliphatic carbocycles. The van der Waals surface area contributed by atoms with Gasteiger partial charge in [0.2, 0.25) is 5.91 Å². The van der Waals surface area contributed by atoms with Crippen LogP contribution >= 0.6 is 0 Å². The summed E-state index contributed by atoms with van der Waals surface area (Å²) in [6, 6.07) is 5.13. The predicted octanol–water partition coefficient (Wildman–Crippen LogP) is 3.93. The first-order valence-electron chi connectivity index (χ1n) is 12.8. The molecule has 1 saturated heterocycles. The molecule has 0 unspecified atom stereocenters. The van der Waals surface area contributed by atoms with Gasteiger partial charge in [0.1, 0.15) is 23.7 Å². The molecule has 12 heteroatoms. The summed E-state index contributed by atoms with van der Waals surface area (Å²) in [5.74, 6) is -2.42. The third-order valence-corrected chi connectivity index (χ3v) is 7.51. The molecule has 2 aliphatic rings. The highest BCUT2D eigenvalue weighted by molar-refractivity contribution is 6.12. The van der Waals surface area contributed by atoms with Crippen molar-refractivity contribution in [2.24, 2.45) is 11.8 Å². The number of aromatic nitrogens is 1. The Bertz CT molecular complexity index is 1220. The van der Waals surface area contributed by atoms with Gasteiger partial charge in [0.15, 0.2) is 0 Å². The molecule has 3 N–H and O–H groups in total. The monoisotopic (exact) mass is 547 g/mol. The lowest BCUT2D eigenvalue weighted by Crippen LogP contribution is -2.71. The van der Waals surface area contributed by atoms with E-state index in [0.29, 0.717) is 47.6 Å². The van der Waals surface area contributed by atoms with Gasteiger partial charge in [-0.2, -0.15) is 13.2 Å². The molecule has 1 aliphatic heterocycles. The summed E-state index contributed by atoms with van der Waals surface area (Å²) in [4.78, 5) is 45.9. The number of hydrogen-bond donors (Lipinski definition) is 2. The molecule has 0 bridgehead atoms. The van der Waals surface area contributed by atoms with Gasteiger partial charge in [-0.3, -0.25) is 14.5 Å². The van der Waals surface area contributed by atoms with Crippen LogP contribution in [0.4, 0.5) is 29.5 Å². The summed E-state index contributed by atoms with van der Waals surface area (Å²) in [5, 5.41) is 2.05. The number of nitrogens with two attached hydrogens (primary N) is 1. The molecule has 1 saturated carbocycles. The Morgan fingerprint density at radius 3 is 2.56 bits per heavy atom. The number of nitrogens with one attached hydrogen (secondary N) is 1. The fraction of sp³-hybridized carbons (Fsp3) is 0.481. The second kappa shape index (κ2) is 11.5. The van der Waals surface area contributed by atoms with Crippen LogP contribution in [0.1, 0.15) is 37.7 Å². The van der Waals surface area contributed by atoms with Crippen LogP contribution in [0.3, 0.4) is 0 Å². The Kier molecular flexibility index (Phi) is 8.31. The van der Waals surface area contributed by atoms with E-state index in [2.05, 4.69) is 10.3 Å². The van der Waals surface area contributed by atoms with E-state index < -0.39 is 47.9 Å². The van der Waals surface area contributed by atoms with Gasteiger partial charge in [0.05, 0.1) is 13.0 Å². The quantitative estimate of drug-likeness (QED) is 0.508. The number of nitrogen functional groups attached to an aromatic ring is 1. The summed E-state index contributed by atoms with van der Waals surface area (Å²) in [6.07, 6.45) is -0.418. The molecule has 0 spiro atoms. The summed E-state index contributed by atoms with van der Waals surface area (Å²) < 4.78 is 47.2. The number of anilines is 2. The molecule has 39 heavy (non-hydrogen) atoms. The predicted molar refractivity (Wildman–Crippen MR) is 138 cm³/mol. The molecule has 2 fully saturated rings. The largest absolute Gasteiger partial charge is 0.497 e. The van der Waals surface area contributed by atoms with Crippen molar-refractivity contribution in [3.05, 3.63) is 48.2 Å². The Morgan fingerprint density at radius 1 is 1.21 bits per heavy atom. The van der Waals surface area contributed by atoms with Gasteiger partial charge < -0.3 is 20.7 Å². The molecule has 0 radical (unpaired) electrons. The highest BCUT2D eigenvalue weighted by Crippen LogP contribution is 2.37. The van der Waals surface area contributed by atoms with Crippen molar-refractivity contribution in [3.63, 3.8) is 0 Å². The summed E-state index contributed by atoms with van der Waals surface area (Å²) in [5.41, 5.74) is 6.79. The first kappa shape index (κ1) is 28.2. The maximum absolute atomic E-state index is 14.0. The summed E-state index contributed by atoms with van der Waals surface area (Å²) >= 11 is 0. The Balaban J connectivity index is 1.61. The number of methoxy groups -OCH3 is 1. The maximum Gasteiger partial charge on any atom is 0.408 e. The summed E-state index contributed by atoms with van der Waals surface area (Å²) in [6.45, 7) is 0. The van der Waals surface area contributed by atoms with Gasteiger partial charge in [0, 0.05) is 25.0 Å². The van der Waals surface area contributed by atoms with Crippen molar-refractivity contribution >= 4 is 29.4 Å². The molecule has 2 heterocycles. The van der Waals surface area contributed by atoms with E-state index in [-0.39, 0.29) is 12.2 Å². The Morgan fingerprint density at radius 2 is 1.92 bits per heavy atom. The van der Waals surface area contributed by atoms with Gasteiger partial charge in [-0.1, -0.05) is 25.3 Å². The average Bonchev–Trinajstić information content (AvgIpc) is 2.92. The molecule has 2 aromatic rings. The second-order valence-corrected chi connectivity index (χ2v) is 10.0. The topological polar surface area (TPSA) is 118 Å². The highest BCUT2D eigenvalue weighted by atomic mass is 19.4. The zero-order valence-corrected chi connectivity index (χ0v) is 21.8. The number of carbonyl (C=O) groups is 3. The molecule has 210 valence electrons. The number of pyridine rings is 1. The van der Waals surface area contributed by atoms with Gasteiger partial charge in [-0.05, 0) is 55.0 Å². The van der Waals surface area contributed by atoms with Gasteiger partial charge in [-0.15, -0.1) is 0 Å². The number of carbonyl (C=O) groups excluding carboxylic acids is 3. The lowest BCUT2D eigenvalue weighted by atomic mass is 9.81. The van der Waals surface area contributed by atoms with Crippen molar-refractivity contribution in [1.29, 1.82) is 0 Å². The van der Waals surface area contributed by atoms with Crippen LogP contribution in [-0.2, 0) is 16.0 Å². The Hall–Kier alpha value is -3.83. The zero-order chi connectivity index (χ0) is 28.3. The van der Waals surface area contributed by atoms with E-state index in [1.165, 1.54) is 25.3 Å². The zero-order valence-electron chi connectivity index (χ0n) is 21.8. The van der Waals surface area contributed by atoms with E-state index in [4.69, 9.17) is 10.5 Å². The number of benzene rings is 1. The van der Waals surface area contributed by atoms with Crippen LogP contribution in [-0.4, -0.2) is 60.1 Å². The van der Waals surface area contributed by atoms with E-state index in [0.717, 1.165) is 6.42 Å². The molecule has 4 rings (SSSR count). The van der Waals surface area contributed by atoms with Gasteiger partial charge in [-0.25, -0.2) is 9.78 Å². The van der Waals surface area contributed by atoms with Gasteiger partial charge >= 0.3 is 12.2 Å². The normalized spacial score (nSPS) is 20.6. The smallest absolute Gasteiger partial charge is 0.408 e. The number of nitrogens with zero attached hydrogens (tertiary/aromatic N) is 3. The molecule has 4 amide bonds. The number of ether oxygens (including phenoxy) is 1. The third-order valence-electron chi connectivity index (χ3n) is 7.51. The number of urea groups is 1. The molecule has 9 nitrogen and oxygen atoms in total. The SMILES string of the molecule is COc1cccc(N(C)C(=O)[C@@H]2[C@@H](Cc3ccnc(N)c3)C(=O)N2C(=O)N[C@@H](C2CCCCC2)C(F)(F)F)c1. The van der Waals surface area contributed by atoms with Crippen molar-refractivity contribution in [2.75, 3.05) is 24.8 Å². The minimum Gasteiger partial charge on any atom is -0.497 e. The van der Waals surface area contributed by atoms with Crippen molar-refractivity contribution in [2.45, 2.75) is 56.8 Å². The number of amides is 4. The molecule has 1 aromatic heterocycles. The first-order chi connectivity index (χ1) is 18.5. The molecule has 3 atom stereocenters. The van der Waals surface area contributed by atoms with Crippen LogP contribution in [0.2, 0.25) is 0 Å². The third kappa shape index (κ3) is 6.10. The van der Waals surface area contributed by atoms with E-state index in [9.17, 15) is 27.6 Å². The minimum absolute atomic E-state index is 0.0585. The average molecular weight is 548 g/mol. The molecule has 1 aromatic carbocycles. The summed E-state index contributed by atoms with van der Waals surface area (Å²) in [7, 11) is 2.94. The van der Waals surface area contributed by atoms with Crippen molar-refractivity contribution in [3.8, 4) is 5.75 Å². The number of imide groups is 1. The Labute approximate surface area is 224 Å². The van der Waals surface area contributed by atoms with E-state index >= 15 is 0 Å². The number of β-lactam (4-membered cyclic amide) rings is 1. The number of hydrogen-bond acceptors (Lipinski definition) is 6. The van der Waals surface area contributed by atoms with Gasteiger partial charge in [0.25, 0.3) is 5.91 Å². The lowest BCUT2D eigenvalue weighted by Gasteiger charge is -2.46. The number of alkyl halides is 3. The fourth-order valence-corrected chi connectivity index (χ4v) is 5.41. The van der Waals surface area contributed by atoms with Crippen LogP contribution in [0, 0.1) is 11.8 Å². The van der Waals surface area contributed by atoms with Crippen LogP contribution in [0.5, 0.6) is 5.75 Å². The number of halogens is 3. The van der Waals surface area contributed by atoms with Crippen molar-refractivity contribution < 1.29 is 32.3 Å². The number of likely N-dealkylation sites (tertiary alicyclic amines) is 1. The minimum atomic E-state index is -4.70. The first-order valence-corrected chi connectivity index (χ1v) is 12.8. The number of rotatable bonds is 7.